The number of rotatable bonds is 3. The molecule has 0 amide bonds. The van der Waals surface area contributed by atoms with Crippen LogP contribution in [0.3, 0.4) is 0 Å². The summed E-state index contributed by atoms with van der Waals surface area (Å²) in [6.07, 6.45) is 0. The summed E-state index contributed by atoms with van der Waals surface area (Å²) in [6, 6.07) is 12.9. The second-order valence-electron chi connectivity index (χ2n) is 4.68. The van der Waals surface area contributed by atoms with E-state index in [0.717, 1.165) is 22.2 Å². The highest BCUT2D eigenvalue weighted by Gasteiger charge is 2.16. The van der Waals surface area contributed by atoms with Crippen LogP contribution in [-0.4, -0.2) is 23.1 Å². The third-order valence-electron chi connectivity index (χ3n) is 3.29. The zero-order valence-corrected chi connectivity index (χ0v) is 11.3. The molecule has 0 spiro atoms. The van der Waals surface area contributed by atoms with Crippen LogP contribution < -0.4 is 4.74 Å². The number of carbonyl (C=O) groups excluding carboxylic acids is 1. The van der Waals surface area contributed by atoms with Crippen molar-refractivity contribution in [3.63, 3.8) is 0 Å². The van der Waals surface area contributed by atoms with E-state index in [9.17, 15) is 4.79 Å². The van der Waals surface area contributed by atoms with Crippen molar-refractivity contribution in [1.29, 1.82) is 0 Å². The summed E-state index contributed by atoms with van der Waals surface area (Å²) in [4.78, 5) is 12.5. The SMILES string of the molecule is COc1ccc(C(=O)c2n[nH]c3cc(C)ccc23)cc1. The van der Waals surface area contributed by atoms with E-state index in [1.165, 1.54) is 0 Å². The molecule has 0 aliphatic heterocycles. The van der Waals surface area contributed by atoms with Gasteiger partial charge in [-0.3, -0.25) is 9.89 Å². The molecule has 0 unspecified atom stereocenters. The van der Waals surface area contributed by atoms with Crippen molar-refractivity contribution in [3.8, 4) is 5.75 Å². The number of ketones is 1. The number of H-pyrrole nitrogens is 1. The molecule has 0 aliphatic carbocycles. The molecule has 1 heterocycles. The van der Waals surface area contributed by atoms with Crippen LogP contribution in [0, 0.1) is 6.92 Å². The summed E-state index contributed by atoms with van der Waals surface area (Å²) < 4.78 is 5.09. The van der Waals surface area contributed by atoms with Crippen molar-refractivity contribution in [2.24, 2.45) is 0 Å². The van der Waals surface area contributed by atoms with Gasteiger partial charge < -0.3 is 4.74 Å². The van der Waals surface area contributed by atoms with Crippen LogP contribution in [0.5, 0.6) is 5.75 Å². The van der Waals surface area contributed by atoms with E-state index in [-0.39, 0.29) is 5.78 Å². The van der Waals surface area contributed by atoms with Crippen molar-refractivity contribution in [2.75, 3.05) is 7.11 Å². The zero-order chi connectivity index (χ0) is 14.1. The highest BCUT2D eigenvalue weighted by Crippen LogP contribution is 2.21. The second-order valence-corrected chi connectivity index (χ2v) is 4.68. The third kappa shape index (κ3) is 2.05. The molecule has 4 nitrogen and oxygen atoms in total. The molecule has 3 aromatic rings. The predicted octanol–water partition coefficient (Wildman–Crippen LogP) is 3.11. The minimum Gasteiger partial charge on any atom is -0.497 e. The molecule has 0 fully saturated rings. The van der Waals surface area contributed by atoms with Gasteiger partial charge in [0.1, 0.15) is 11.4 Å². The summed E-state index contributed by atoms with van der Waals surface area (Å²) in [5.74, 6) is 0.631. The highest BCUT2D eigenvalue weighted by molar-refractivity contribution is 6.14. The zero-order valence-electron chi connectivity index (χ0n) is 11.3. The highest BCUT2D eigenvalue weighted by atomic mass is 16.5. The topological polar surface area (TPSA) is 55.0 Å². The minimum absolute atomic E-state index is 0.0947. The fraction of sp³-hybridized carbons (Fsp3) is 0.125. The lowest BCUT2D eigenvalue weighted by Crippen LogP contribution is -2.02. The molecule has 0 bridgehead atoms. The Hall–Kier alpha value is -2.62. The summed E-state index contributed by atoms with van der Waals surface area (Å²) in [5, 5.41) is 7.90. The van der Waals surface area contributed by atoms with Crippen LogP contribution in [-0.2, 0) is 0 Å². The van der Waals surface area contributed by atoms with Gasteiger partial charge in [0.2, 0.25) is 5.78 Å². The number of aromatic nitrogens is 2. The molecule has 0 saturated heterocycles. The average molecular weight is 266 g/mol. The molecule has 0 aliphatic rings. The van der Waals surface area contributed by atoms with Crippen molar-refractivity contribution in [3.05, 3.63) is 59.3 Å². The first-order chi connectivity index (χ1) is 9.69. The Morgan fingerprint density at radius 1 is 1.15 bits per heavy atom. The standard InChI is InChI=1S/C16H14N2O2/c1-10-3-8-13-14(9-10)17-18-15(13)16(19)11-4-6-12(20-2)7-5-11/h3-9H,1-2H3,(H,17,18). The Bertz CT molecular complexity index is 773. The third-order valence-corrected chi connectivity index (χ3v) is 3.29. The van der Waals surface area contributed by atoms with Gasteiger partial charge in [-0.15, -0.1) is 0 Å². The smallest absolute Gasteiger partial charge is 0.213 e. The molecule has 1 N–H and O–H groups in total. The molecular formula is C16H14N2O2. The number of aromatic amines is 1. The Balaban J connectivity index is 2.03. The van der Waals surface area contributed by atoms with E-state index >= 15 is 0 Å². The van der Waals surface area contributed by atoms with Crippen molar-refractivity contribution in [2.45, 2.75) is 6.92 Å². The normalized spacial score (nSPS) is 10.7. The molecule has 0 radical (unpaired) electrons. The predicted molar refractivity (Wildman–Crippen MR) is 77.3 cm³/mol. The van der Waals surface area contributed by atoms with Crippen molar-refractivity contribution >= 4 is 16.7 Å². The number of nitrogens with zero attached hydrogens (tertiary/aromatic N) is 1. The Kier molecular flexibility index (Phi) is 2.99. The minimum atomic E-state index is -0.0947. The maximum atomic E-state index is 12.5. The number of carbonyl (C=O) groups is 1. The van der Waals surface area contributed by atoms with E-state index in [1.807, 2.05) is 25.1 Å². The van der Waals surface area contributed by atoms with E-state index in [1.54, 1.807) is 31.4 Å². The molecule has 0 atom stereocenters. The molecule has 100 valence electrons. The van der Waals surface area contributed by atoms with Gasteiger partial charge in [0, 0.05) is 10.9 Å². The summed E-state index contributed by atoms with van der Waals surface area (Å²) in [5.41, 5.74) is 3.05. The maximum absolute atomic E-state index is 12.5. The Morgan fingerprint density at radius 2 is 1.90 bits per heavy atom. The van der Waals surface area contributed by atoms with Gasteiger partial charge in [-0.2, -0.15) is 5.10 Å². The van der Waals surface area contributed by atoms with Crippen molar-refractivity contribution in [1.82, 2.24) is 10.2 Å². The van der Waals surface area contributed by atoms with Gasteiger partial charge in [-0.1, -0.05) is 12.1 Å². The van der Waals surface area contributed by atoms with Crippen LogP contribution in [0.4, 0.5) is 0 Å². The van der Waals surface area contributed by atoms with Gasteiger partial charge >= 0.3 is 0 Å². The lowest BCUT2D eigenvalue weighted by atomic mass is 10.0. The number of aryl methyl sites for hydroxylation is 1. The number of benzene rings is 2. The monoisotopic (exact) mass is 266 g/mol. The number of nitrogens with one attached hydrogen (secondary N) is 1. The molecule has 4 heteroatoms. The lowest BCUT2D eigenvalue weighted by molar-refractivity contribution is 0.103. The largest absolute Gasteiger partial charge is 0.497 e. The van der Waals surface area contributed by atoms with E-state index in [0.29, 0.717) is 11.3 Å². The first-order valence-corrected chi connectivity index (χ1v) is 6.32. The Morgan fingerprint density at radius 3 is 2.60 bits per heavy atom. The van der Waals surface area contributed by atoms with Crippen LogP contribution in [0.1, 0.15) is 21.6 Å². The molecule has 3 rings (SSSR count). The van der Waals surface area contributed by atoms with E-state index < -0.39 is 0 Å². The lowest BCUT2D eigenvalue weighted by Gasteiger charge is -2.01. The van der Waals surface area contributed by atoms with Crippen molar-refractivity contribution < 1.29 is 9.53 Å². The van der Waals surface area contributed by atoms with Crippen LogP contribution >= 0.6 is 0 Å². The number of methoxy groups -OCH3 is 1. The first-order valence-electron chi connectivity index (χ1n) is 6.32. The summed E-state index contributed by atoms with van der Waals surface area (Å²) in [7, 11) is 1.60. The molecular weight excluding hydrogens is 252 g/mol. The fourth-order valence-electron chi connectivity index (χ4n) is 2.19. The molecule has 2 aromatic carbocycles. The van der Waals surface area contributed by atoms with Crippen LogP contribution in [0.2, 0.25) is 0 Å². The van der Waals surface area contributed by atoms with Gasteiger partial charge in [0.25, 0.3) is 0 Å². The summed E-state index contributed by atoms with van der Waals surface area (Å²) in [6.45, 7) is 2.01. The molecule has 0 saturated carbocycles. The first kappa shape index (κ1) is 12.4. The van der Waals surface area contributed by atoms with Crippen LogP contribution in [0.25, 0.3) is 10.9 Å². The number of hydrogen-bond donors (Lipinski definition) is 1. The quantitative estimate of drug-likeness (QED) is 0.741. The second kappa shape index (κ2) is 4.81. The summed E-state index contributed by atoms with van der Waals surface area (Å²) >= 11 is 0. The van der Waals surface area contributed by atoms with E-state index in [4.69, 9.17) is 4.74 Å². The number of hydrogen-bond acceptors (Lipinski definition) is 3. The number of fused-ring (bicyclic) bond motifs is 1. The Labute approximate surface area is 116 Å². The average Bonchev–Trinajstić information content (AvgIpc) is 2.89. The van der Waals surface area contributed by atoms with Crippen LogP contribution in [0.15, 0.2) is 42.5 Å². The molecule has 1 aromatic heterocycles. The fourth-order valence-corrected chi connectivity index (χ4v) is 2.19. The van der Waals surface area contributed by atoms with Gasteiger partial charge in [-0.25, -0.2) is 0 Å². The van der Waals surface area contributed by atoms with E-state index in [2.05, 4.69) is 10.2 Å². The maximum Gasteiger partial charge on any atom is 0.213 e. The number of ether oxygens (including phenoxy) is 1. The van der Waals surface area contributed by atoms with Gasteiger partial charge in [-0.05, 0) is 42.8 Å². The van der Waals surface area contributed by atoms with Gasteiger partial charge in [0.05, 0.1) is 12.6 Å². The molecule has 20 heavy (non-hydrogen) atoms. The van der Waals surface area contributed by atoms with Gasteiger partial charge in [0.15, 0.2) is 0 Å².